The van der Waals surface area contributed by atoms with Crippen LogP contribution in [-0.2, 0) is 9.47 Å². The van der Waals surface area contributed by atoms with Crippen molar-refractivity contribution in [3.05, 3.63) is 52.5 Å². The second-order valence-corrected chi connectivity index (χ2v) is 12.2. The lowest BCUT2D eigenvalue weighted by Crippen LogP contribution is -2.52. The average molecular weight is 588 g/mol. The van der Waals surface area contributed by atoms with E-state index in [-0.39, 0.29) is 24.0 Å². The molecule has 1 fully saturated rings. The lowest BCUT2D eigenvalue weighted by molar-refractivity contribution is -0.0760. The Morgan fingerprint density at radius 1 is 1.10 bits per heavy atom. The van der Waals surface area contributed by atoms with Gasteiger partial charge in [0.15, 0.2) is 11.6 Å². The highest BCUT2D eigenvalue weighted by Crippen LogP contribution is 2.34. The highest BCUT2D eigenvalue weighted by Gasteiger charge is 2.50. The van der Waals surface area contributed by atoms with E-state index in [2.05, 4.69) is 21.2 Å². The highest BCUT2D eigenvalue weighted by molar-refractivity contribution is 6.00. The number of hydrogen-bond donors (Lipinski definition) is 3. The maximum Gasteiger partial charge on any atom is 0.413 e. The van der Waals surface area contributed by atoms with Gasteiger partial charge >= 0.3 is 6.09 Å². The Labute approximate surface area is 246 Å². The van der Waals surface area contributed by atoms with E-state index in [9.17, 15) is 14.4 Å². The van der Waals surface area contributed by atoms with Gasteiger partial charge in [-0.2, -0.15) is 0 Å². The number of amides is 3. The van der Waals surface area contributed by atoms with Gasteiger partial charge in [-0.1, -0.05) is 0 Å². The zero-order valence-corrected chi connectivity index (χ0v) is 26.0. The van der Waals surface area contributed by atoms with Crippen molar-refractivity contribution >= 4 is 23.7 Å². The fraction of sp³-hybridized carbons (Fsp3) is 0.533. The number of nitrogens with one attached hydrogen (secondary N) is 3. The summed E-state index contributed by atoms with van der Waals surface area (Å²) < 4.78 is 32.4. The summed E-state index contributed by atoms with van der Waals surface area (Å²) in [5.74, 6) is -1.59. The molecule has 0 bridgehead atoms. The van der Waals surface area contributed by atoms with Crippen LogP contribution in [0.25, 0.3) is 0 Å². The molecule has 12 heteroatoms. The summed E-state index contributed by atoms with van der Waals surface area (Å²) in [5, 5.41) is 3.14. The first-order valence-electron chi connectivity index (χ1n) is 13.9. The Morgan fingerprint density at radius 3 is 2.36 bits per heavy atom. The highest BCUT2D eigenvalue weighted by atomic mass is 19.1. The third kappa shape index (κ3) is 8.09. The van der Waals surface area contributed by atoms with Gasteiger partial charge in [-0.25, -0.2) is 14.2 Å². The third-order valence-electron chi connectivity index (χ3n) is 6.39. The molecule has 0 aliphatic carbocycles. The van der Waals surface area contributed by atoms with Crippen LogP contribution < -0.4 is 20.9 Å². The van der Waals surface area contributed by atoms with Gasteiger partial charge in [-0.05, 0) is 99.1 Å². The molecule has 1 saturated heterocycles. The lowest BCUT2D eigenvalue weighted by atomic mass is 10.1. The number of carbonyl (C=O) groups is 3. The second kappa shape index (κ2) is 12.5. The molecule has 3 rings (SSSR count). The molecule has 0 saturated carbocycles. The Morgan fingerprint density at radius 2 is 1.74 bits per heavy atom. The molecule has 230 valence electrons. The molecular formula is C30H42FN5O6. The number of aryl methyl sites for hydroxylation is 2. The van der Waals surface area contributed by atoms with Crippen molar-refractivity contribution in [3.63, 3.8) is 0 Å². The molecule has 2 aromatic rings. The quantitative estimate of drug-likeness (QED) is 0.391. The number of benzene rings is 1. The summed E-state index contributed by atoms with van der Waals surface area (Å²) in [7, 11) is 0. The number of ether oxygens (including phenoxy) is 3. The van der Waals surface area contributed by atoms with Crippen molar-refractivity contribution in [1.29, 1.82) is 0 Å². The van der Waals surface area contributed by atoms with Crippen LogP contribution >= 0.6 is 0 Å². The normalized spacial score (nSPS) is 18.0. The maximum atomic E-state index is 15.1. The van der Waals surface area contributed by atoms with Gasteiger partial charge in [0.2, 0.25) is 0 Å². The molecule has 42 heavy (non-hydrogen) atoms. The minimum absolute atomic E-state index is 0.0160. The van der Waals surface area contributed by atoms with Crippen molar-refractivity contribution < 1.29 is 33.0 Å². The van der Waals surface area contributed by atoms with Crippen LogP contribution in [0.15, 0.2) is 24.3 Å². The first-order valence-corrected chi connectivity index (χ1v) is 13.9. The summed E-state index contributed by atoms with van der Waals surface area (Å²) in [6.07, 6.45) is -0.975. The number of pyridine rings is 1. The van der Waals surface area contributed by atoms with E-state index in [4.69, 9.17) is 14.2 Å². The van der Waals surface area contributed by atoms with E-state index >= 15 is 4.39 Å². The number of anilines is 1. The number of aromatic nitrogens is 1. The Bertz CT molecular complexity index is 1340. The van der Waals surface area contributed by atoms with E-state index in [0.29, 0.717) is 22.6 Å². The van der Waals surface area contributed by atoms with Crippen molar-refractivity contribution in [2.24, 2.45) is 0 Å². The molecule has 0 spiro atoms. The van der Waals surface area contributed by atoms with Gasteiger partial charge in [0.1, 0.15) is 23.8 Å². The fourth-order valence-corrected chi connectivity index (χ4v) is 4.68. The largest absolute Gasteiger partial charge is 0.488 e. The molecule has 1 aliphatic heterocycles. The number of hydrogen-bond acceptors (Lipinski definition) is 8. The molecule has 1 aromatic heterocycles. The Hall–Kier alpha value is -3.93. The first kappa shape index (κ1) is 32.6. The first-order chi connectivity index (χ1) is 19.4. The second-order valence-electron chi connectivity index (χ2n) is 12.2. The topological polar surface area (TPSA) is 131 Å². The molecule has 0 radical (unpaired) electrons. The van der Waals surface area contributed by atoms with Crippen molar-refractivity contribution in [2.45, 2.75) is 98.8 Å². The predicted molar refractivity (Wildman–Crippen MR) is 156 cm³/mol. The summed E-state index contributed by atoms with van der Waals surface area (Å²) in [4.78, 5) is 44.3. The van der Waals surface area contributed by atoms with E-state index in [0.717, 1.165) is 6.07 Å². The SMILES string of the molecule is Cc1cc(C(=O)NNC(=O)c2cc(F)c(OC[C@@H]3[C@@H](C)OC(C)(C)N3C(=O)OC(C)(C)C)cc2C)cc(NC(C)C)n1. The molecule has 1 aliphatic rings. The lowest BCUT2D eigenvalue weighted by Gasteiger charge is -2.35. The average Bonchev–Trinajstić information content (AvgIpc) is 3.07. The number of halogens is 1. The summed E-state index contributed by atoms with van der Waals surface area (Å²) in [6.45, 7) is 17.8. The molecule has 2 atom stereocenters. The molecule has 3 N–H and O–H groups in total. The molecular weight excluding hydrogens is 545 g/mol. The van der Waals surface area contributed by atoms with Gasteiger partial charge < -0.3 is 19.5 Å². The molecule has 3 amide bonds. The number of rotatable bonds is 7. The predicted octanol–water partition coefficient (Wildman–Crippen LogP) is 4.87. The van der Waals surface area contributed by atoms with Crippen LogP contribution in [0, 0.1) is 19.7 Å². The van der Waals surface area contributed by atoms with Crippen LogP contribution in [0.2, 0.25) is 0 Å². The summed E-state index contributed by atoms with van der Waals surface area (Å²) in [6, 6.07) is 5.16. The number of carbonyl (C=O) groups excluding carboxylic acids is 3. The van der Waals surface area contributed by atoms with Gasteiger partial charge in [0.25, 0.3) is 11.8 Å². The Kier molecular flexibility index (Phi) is 9.71. The molecule has 11 nitrogen and oxygen atoms in total. The van der Waals surface area contributed by atoms with E-state index in [1.165, 1.54) is 11.0 Å². The summed E-state index contributed by atoms with van der Waals surface area (Å²) in [5.41, 5.74) is 4.38. The van der Waals surface area contributed by atoms with Crippen LogP contribution in [0.5, 0.6) is 5.75 Å². The minimum atomic E-state index is -0.960. The van der Waals surface area contributed by atoms with Crippen LogP contribution in [0.1, 0.15) is 87.4 Å². The zero-order valence-electron chi connectivity index (χ0n) is 26.0. The maximum absolute atomic E-state index is 15.1. The smallest absolute Gasteiger partial charge is 0.413 e. The standard InChI is InChI=1S/C30H42FN5O6/c1-16(2)32-25-13-20(12-18(4)33-25)26(37)34-35-27(38)21-14-22(31)24(11-17(21)3)40-15-23-19(5)41-30(9,10)36(23)28(39)42-29(6,7)8/h11-14,16,19,23H,15H2,1-10H3,(H,32,33)(H,34,37)(H,35,38)/t19-,23-/m1/s1. The monoisotopic (exact) mass is 587 g/mol. The van der Waals surface area contributed by atoms with E-state index < -0.39 is 47.2 Å². The van der Waals surface area contributed by atoms with Crippen molar-refractivity contribution in [3.8, 4) is 5.75 Å². The van der Waals surface area contributed by atoms with Gasteiger partial charge in [0, 0.05) is 22.9 Å². The van der Waals surface area contributed by atoms with E-state index in [1.54, 1.807) is 67.5 Å². The number of hydrazine groups is 1. The van der Waals surface area contributed by atoms with E-state index in [1.807, 2.05) is 13.8 Å². The van der Waals surface area contributed by atoms with Gasteiger partial charge in [-0.15, -0.1) is 0 Å². The van der Waals surface area contributed by atoms with Crippen molar-refractivity contribution in [2.75, 3.05) is 11.9 Å². The van der Waals surface area contributed by atoms with Gasteiger partial charge in [-0.3, -0.25) is 25.3 Å². The fourth-order valence-electron chi connectivity index (χ4n) is 4.68. The molecule has 1 aromatic carbocycles. The third-order valence-corrected chi connectivity index (χ3v) is 6.39. The molecule has 2 heterocycles. The summed E-state index contributed by atoms with van der Waals surface area (Å²) >= 11 is 0. The van der Waals surface area contributed by atoms with Crippen LogP contribution in [0.3, 0.4) is 0 Å². The van der Waals surface area contributed by atoms with Gasteiger partial charge in [0.05, 0.1) is 12.1 Å². The minimum Gasteiger partial charge on any atom is -0.488 e. The number of nitrogens with zero attached hydrogens (tertiary/aromatic N) is 2. The zero-order chi connectivity index (χ0) is 31.6. The van der Waals surface area contributed by atoms with Crippen LogP contribution in [0.4, 0.5) is 15.0 Å². The van der Waals surface area contributed by atoms with Crippen molar-refractivity contribution in [1.82, 2.24) is 20.7 Å². The molecule has 0 unspecified atom stereocenters. The van der Waals surface area contributed by atoms with Crippen LogP contribution in [-0.4, -0.2) is 63.9 Å². The Balaban J connectivity index is 1.68.